The molecule has 0 spiro atoms. The highest BCUT2D eigenvalue weighted by molar-refractivity contribution is 7.92. The lowest BCUT2D eigenvalue weighted by Crippen LogP contribution is -2.34. The van der Waals surface area contributed by atoms with Gasteiger partial charge < -0.3 is 4.74 Å². The number of hydrogen-bond acceptors (Lipinski definition) is 4. The van der Waals surface area contributed by atoms with Gasteiger partial charge in [-0.2, -0.15) is 0 Å². The monoisotopic (exact) mass is 425 g/mol. The second-order valence-electron chi connectivity index (χ2n) is 9.62. The molecular formula is C25H31NO3S. The highest BCUT2D eigenvalue weighted by Gasteiger charge is 2.34. The zero-order valence-corrected chi connectivity index (χ0v) is 18.9. The Morgan fingerprint density at radius 3 is 2.37 bits per heavy atom. The highest BCUT2D eigenvalue weighted by Crippen LogP contribution is 2.40. The first-order valence-electron chi connectivity index (χ1n) is 10.9. The highest BCUT2D eigenvalue weighted by atomic mass is 32.2. The van der Waals surface area contributed by atoms with Gasteiger partial charge >= 0.3 is 0 Å². The number of ether oxygens (including phenoxy) is 1. The van der Waals surface area contributed by atoms with E-state index in [1.54, 1.807) is 20.8 Å². The first-order chi connectivity index (χ1) is 14.2. The number of pyridine rings is 1. The van der Waals surface area contributed by atoms with Crippen molar-refractivity contribution in [3.8, 4) is 11.6 Å². The largest absolute Gasteiger partial charge is 0.439 e. The number of aromatic nitrogens is 1. The molecule has 2 aromatic rings. The van der Waals surface area contributed by atoms with Crippen LogP contribution in [0.3, 0.4) is 0 Å². The van der Waals surface area contributed by atoms with E-state index in [1.165, 1.54) is 11.1 Å². The molecule has 0 N–H and O–H groups in total. The van der Waals surface area contributed by atoms with Crippen molar-refractivity contribution < 1.29 is 13.2 Å². The summed E-state index contributed by atoms with van der Waals surface area (Å²) in [6.45, 7) is 5.41. The lowest BCUT2D eigenvalue weighted by molar-refractivity contribution is 0.319. The average Bonchev–Trinajstić information content (AvgIpc) is 3.11. The Kier molecular flexibility index (Phi) is 5.75. The van der Waals surface area contributed by atoms with Crippen molar-refractivity contribution >= 4 is 15.9 Å². The van der Waals surface area contributed by atoms with E-state index in [9.17, 15) is 8.42 Å². The normalized spacial score (nSPS) is 21.8. The van der Waals surface area contributed by atoms with Crippen molar-refractivity contribution in [2.45, 2.75) is 57.6 Å². The van der Waals surface area contributed by atoms with Crippen LogP contribution >= 0.6 is 0 Å². The van der Waals surface area contributed by atoms with E-state index in [1.807, 2.05) is 36.4 Å². The molecule has 1 fully saturated rings. The number of sulfone groups is 1. The van der Waals surface area contributed by atoms with Gasteiger partial charge in [0.1, 0.15) is 5.75 Å². The molecule has 1 heterocycles. The number of rotatable bonds is 5. The summed E-state index contributed by atoms with van der Waals surface area (Å²) in [5.74, 6) is 2.55. The van der Waals surface area contributed by atoms with Crippen LogP contribution in [0, 0.1) is 11.8 Å². The molecule has 160 valence electrons. The van der Waals surface area contributed by atoms with Gasteiger partial charge in [0.25, 0.3) is 0 Å². The molecule has 2 aliphatic carbocycles. The third-order valence-corrected chi connectivity index (χ3v) is 9.20. The Bertz CT molecular complexity index is 1030. The van der Waals surface area contributed by atoms with Gasteiger partial charge in [-0.3, -0.25) is 0 Å². The minimum absolute atomic E-state index is 0.291. The molecule has 4 nitrogen and oxygen atoms in total. The molecular weight excluding hydrogens is 394 g/mol. The Morgan fingerprint density at radius 2 is 1.70 bits per heavy atom. The van der Waals surface area contributed by atoms with Gasteiger partial charge in [0.05, 0.1) is 16.2 Å². The van der Waals surface area contributed by atoms with E-state index in [-0.39, 0.29) is 0 Å². The molecule has 2 aliphatic rings. The van der Waals surface area contributed by atoms with Gasteiger partial charge in [0.15, 0.2) is 9.84 Å². The molecule has 1 aromatic heterocycles. The van der Waals surface area contributed by atoms with E-state index < -0.39 is 14.6 Å². The number of nitrogens with zero attached hydrogens (tertiary/aromatic N) is 1. The summed E-state index contributed by atoms with van der Waals surface area (Å²) in [4.78, 5) is 4.71. The van der Waals surface area contributed by atoms with Crippen molar-refractivity contribution in [1.82, 2.24) is 4.98 Å². The molecule has 5 heteroatoms. The van der Waals surface area contributed by atoms with Crippen LogP contribution in [0.5, 0.6) is 11.6 Å². The predicted octanol–water partition coefficient (Wildman–Crippen LogP) is 5.83. The average molecular weight is 426 g/mol. The fourth-order valence-electron chi connectivity index (χ4n) is 4.39. The third kappa shape index (κ3) is 4.61. The summed E-state index contributed by atoms with van der Waals surface area (Å²) in [7, 11) is -3.05. The van der Waals surface area contributed by atoms with E-state index in [2.05, 4.69) is 12.1 Å². The number of hydrogen-bond donors (Lipinski definition) is 0. The lowest BCUT2D eigenvalue weighted by atomic mass is 9.78. The summed E-state index contributed by atoms with van der Waals surface area (Å²) < 4.78 is 30.3. The predicted molar refractivity (Wildman–Crippen MR) is 121 cm³/mol. The Hall–Kier alpha value is -2.14. The van der Waals surface area contributed by atoms with Crippen LogP contribution in [0.1, 0.15) is 57.7 Å². The molecule has 4 rings (SSSR count). The minimum atomic E-state index is -3.05. The summed E-state index contributed by atoms with van der Waals surface area (Å²) >= 11 is 0. The topological polar surface area (TPSA) is 56.3 Å². The SMILES string of the molecule is CC(C)(C)S(=O)(=O)CC1CCC(C2=Cc3nc(Oc4ccccc4)ccc3C2)CC1. The van der Waals surface area contributed by atoms with Crippen LogP contribution < -0.4 is 4.74 Å². The number of fused-ring (bicyclic) bond motifs is 1. The molecule has 1 aromatic carbocycles. The number of allylic oxidation sites excluding steroid dienone is 1. The molecule has 1 saturated carbocycles. The Labute approximate surface area is 180 Å². The molecule has 30 heavy (non-hydrogen) atoms. The van der Waals surface area contributed by atoms with Crippen molar-refractivity contribution in [2.75, 3.05) is 5.75 Å². The molecule has 0 bridgehead atoms. The second kappa shape index (κ2) is 8.18. The molecule has 0 atom stereocenters. The molecule has 0 radical (unpaired) electrons. The fourth-order valence-corrected chi connectivity index (χ4v) is 5.85. The molecule has 0 saturated heterocycles. The summed E-state index contributed by atoms with van der Waals surface area (Å²) in [6.07, 6.45) is 7.29. The van der Waals surface area contributed by atoms with E-state index in [0.717, 1.165) is 43.5 Å². The van der Waals surface area contributed by atoms with Gasteiger partial charge in [-0.1, -0.05) is 29.8 Å². The van der Waals surface area contributed by atoms with Crippen molar-refractivity contribution in [1.29, 1.82) is 0 Å². The summed E-state index contributed by atoms with van der Waals surface area (Å²) in [5.41, 5.74) is 3.70. The van der Waals surface area contributed by atoms with Gasteiger partial charge in [-0.25, -0.2) is 13.4 Å². The first kappa shape index (κ1) is 21.1. The zero-order chi connectivity index (χ0) is 21.4. The molecule has 0 aliphatic heterocycles. The van der Waals surface area contributed by atoms with Crippen LogP contribution in [-0.4, -0.2) is 23.9 Å². The quantitative estimate of drug-likeness (QED) is 0.604. The first-order valence-corrected chi connectivity index (χ1v) is 12.5. The fraction of sp³-hybridized carbons (Fsp3) is 0.480. The van der Waals surface area contributed by atoms with Gasteiger partial charge in [0.2, 0.25) is 5.88 Å². The third-order valence-electron chi connectivity index (χ3n) is 6.43. The van der Waals surface area contributed by atoms with Crippen LogP contribution in [0.4, 0.5) is 0 Å². The van der Waals surface area contributed by atoms with Gasteiger partial charge in [-0.05, 0) is 88.5 Å². The maximum Gasteiger partial charge on any atom is 0.219 e. The zero-order valence-electron chi connectivity index (χ0n) is 18.1. The summed E-state index contributed by atoms with van der Waals surface area (Å²) in [6, 6.07) is 13.8. The van der Waals surface area contributed by atoms with E-state index in [0.29, 0.717) is 23.5 Å². The smallest absolute Gasteiger partial charge is 0.219 e. The van der Waals surface area contributed by atoms with Crippen LogP contribution in [0.15, 0.2) is 48.0 Å². The Morgan fingerprint density at radius 1 is 1.00 bits per heavy atom. The standard InChI is InChI=1S/C25H31NO3S/c1-25(2,3)30(27,28)17-18-9-11-19(12-10-18)21-15-20-13-14-24(26-23(20)16-21)29-22-7-5-4-6-8-22/h4-8,13-14,16,18-19H,9-12,15,17H2,1-3H3. The lowest BCUT2D eigenvalue weighted by Gasteiger charge is -2.31. The summed E-state index contributed by atoms with van der Waals surface area (Å²) in [5, 5.41) is 0. The molecule has 0 amide bonds. The van der Waals surface area contributed by atoms with Crippen molar-refractivity contribution in [2.24, 2.45) is 11.8 Å². The minimum Gasteiger partial charge on any atom is -0.439 e. The number of para-hydroxylation sites is 1. The van der Waals surface area contributed by atoms with Crippen LogP contribution in [0.2, 0.25) is 0 Å². The number of benzene rings is 1. The maximum atomic E-state index is 12.5. The maximum absolute atomic E-state index is 12.5. The van der Waals surface area contributed by atoms with E-state index >= 15 is 0 Å². The Balaban J connectivity index is 1.38. The van der Waals surface area contributed by atoms with Crippen LogP contribution in [0.25, 0.3) is 6.08 Å². The van der Waals surface area contributed by atoms with Crippen molar-refractivity contribution in [3.63, 3.8) is 0 Å². The molecule has 0 unspecified atom stereocenters. The van der Waals surface area contributed by atoms with Crippen LogP contribution in [-0.2, 0) is 16.3 Å². The van der Waals surface area contributed by atoms with E-state index in [4.69, 9.17) is 9.72 Å². The van der Waals surface area contributed by atoms with Gasteiger partial charge in [-0.15, -0.1) is 0 Å². The second-order valence-corrected chi connectivity index (χ2v) is 12.4. The van der Waals surface area contributed by atoms with Crippen molar-refractivity contribution in [3.05, 3.63) is 59.3 Å². The van der Waals surface area contributed by atoms with Gasteiger partial charge in [0, 0.05) is 6.07 Å².